The molecule has 0 radical (unpaired) electrons. The van der Waals surface area contributed by atoms with Gasteiger partial charge in [0.15, 0.2) is 0 Å². The highest BCUT2D eigenvalue weighted by Crippen LogP contribution is 2.52. The van der Waals surface area contributed by atoms with Crippen LogP contribution in [0.5, 0.6) is 5.75 Å². The van der Waals surface area contributed by atoms with Crippen molar-refractivity contribution in [2.24, 2.45) is 5.92 Å². The number of carbonyl (C=O) groups excluding carboxylic acids is 1. The number of allylic oxidation sites excluding steroid dienone is 2. The molecule has 1 amide bonds. The van der Waals surface area contributed by atoms with Gasteiger partial charge in [0.1, 0.15) is 11.4 Å². The fourth-order valence-electron chi connectivity index (χ4n) is 4.75. The largest absolute Gasteiger partial charge is 0.487 e. The fraction of sp³-hybridized carbons (Fsp3) is 0.625. The summed E-state index contributed by atoms with van der Waals surface area (Å²) in [5, 5.41) is 0. The summed E-state index contributed by atoms with van der Waals surface area (Å²) in [6.07, 6.45) is 9.20. The molecule has 1 aliphatic carbocycles. The third kappa shape index (κ3) is 3.93. The zero-order valence-electron chi connectivity index (χ0n) is 17.9. The molecule has 0 bridgehead atoms. The van der Waals surface area contributed by atoms with E-state index in [-0.39, 0.29) is 17.4 Å². The van der Waals surface area contributed by atoms with Crippen LogP contribution in [0.4, 0.5) is 0 Å². The van der Waals surface area contributed by atoms with Gasteiger partial charge in [-0.15, -0.1) is 0 Å². The summed E-state index contributed by atoms with van der Waals surface area (Å²) in [5.41, 5.74) is 4.38. The highest BCUT2D eigenvalue weighted by atomic mass is 16.5. The zero-order valence-corrected chi connectivity index (χ0v) is 17.9. The van der Waals surface area contributed by atoms with Gasteiger partial charge < -0.3 is 9.64 Å². The molecule has 3 heteroatoms. The maximum atomic E-state index is 13.1. The Bertz CT molecular complexity index is 745. The second-order valence-electron chi connectivity index (χ2n) is 9.10. The number of ether oxygens (including phenoxy) is 1. The highest BCUT2D eigenvalue weighted by molar-refractivity contribution is 5.97. The van der Waals surface area contributed by atoms with Crippen LogP contribution in [0, 0.1) is 5.92 Å². The van der Waals surface area contributed by atoms with Crippen molar-refractivity contribution >= 4 is 5.91 Å². The van der Waals surface area contributed by atoms with Crippen LogP contribution < -0.4 is 4.74 Å². The third-order valence-corrected chi connectivity index (χ3v) is 6.25. The number of hydrogen-bond donors (Lipinski definition) is 0. The second kappa shape index (κ2) is 7.69. The lowest BCUT2D eigenvalue weighted by molar-refractivity contribution is 0.0110. The fourth-order valence-corrected chi connectivity index (χ4v) is 4.75. The lowest BCUT2D eigenvalue weighted by Gasteiger charge is -2.47. The minimum absolute atomic E-state index is 0.0854. The van der Waals surface area contributed by atoms with E-state index in [0.29, 0.717) is 5.92 Å². The van der Waals surface area contributed by atoms with E-state index in [0.717, 1.165) is 42.6 Å². The zero-order chi connectivity index (χ0) is 19.8. The SMILES string of the molecule is CCCCCc1cc2c(c(C(=O)N(C)C)c1)[C@@H]1C=C(C)CC[C@H]1C(C)(C)O2. The number of carbonyl (C=O) groups is 1. The van der Waals surface area contributed by atoms with Crippen LogP contribution in [0.1, 0.15) is 87.2 Å². The van der Waals surface area contributed by atoms with Crippen LogP contribution in [0.2, 0.25) is 0 Å². The first-order valence-electron chi connectivity index (χ1n) is 10.5. The van der Waals surface area contributed by atoms with Crippen molar-refractivity contribution in [2.75, 3.05) is 14.1 Å². The van der Waals surface area contributed by atoms with Crippen LogP contribution in [-0.4, -0.2) is 30.5 Å². The Kier molecular flexibility index (Phi) is 5.69. The first kappa shape index (κ1) is 20.0. The number of amides is 1. The first-order chi connectivity index (χ1) is 12.7. The van der Waals surface area contributed by atoms with E-state index < -0.39 is 0 Å². The number of rotatable bonds is 5. The molecule has 3 rings (SSSR count). The van der Waals surface area contributed by atoms with Gasteiger partial charge in [0.05, 0.1) is 0 Å². The van der Waals surface area contributed by atoms with E-state index in [1.807, 2.05) is 14.1 Å². The molecule has 0 fully saturated rings. The van der Waals surface area contributed by atoms with Crippen molar-refractivity contribution in [1.82, 2.24) is 4.90 Å². The maximum Gasteiger partial charge on any atom is 0.253 e. The molecule has 3 nitrogen and oxygen atoms in total. The number of aryl methyl sites for hydroxylation is 1. The number of hydrogen-bond acceptors (Lipinski definition) is 2. The molecule has 0 unspecified atom stereocenters. The van der Waals surface area contributed by atoms with Crippen LogP contribution in [0.25, 0.3) is 0 Å². The van der Waals surface area contributed by atoms with Crippen LogP contribution in [0.15, 0.2) is 23.8 Å². The molecule has 0 aromatic heterocycles. The lowest BCUT2D eigenvalue weighted by atomic mass is 9.67. The van der Waals surface area contributed by atoms with E-state index in [1.165, 1.54) is 24.0 Å². The minimum atomic E-state index is -0.213. The molecule has 2 aliphatic rings. The molecule has 0 saturated carbocycles. The highest BCUT2D eigenvalue weighted by Gasteiger charge is 2.45. The van der Waals surface area contributed by atoms with Gasteiger partial charge in [0.2, 0.25) is 0 Å². The quantitative estimate of drug-likeness (QED) is 0.490. The van der Waals surface area contributed by atoms with Gasteiger partial charge in [-0.05, 0) is 64.2 Å². The lowest BCUT2D eigenvalue weighted by Crippen LogP contribution is -2.46. The molecule has 0 spiro atoms. The standard InChI is InChI=1S/C24H35NO2/c1-7-8-9-10-17-14-19(23(26)25(5)6)22-18-13-16(2)11-12-20(18)24(3,4)27-21(22)15-17/h13-15,18,20H,7-12H2,1-6H3/t18-,20-/m1/s1. The molecule has 1 aliphatic heterocycles. The summed E-state index contributed by atoms with van der Waals surface area (Å²) in [5.74, 6) is 1.68. The first-order valence-corrected chi connectivity index (χ1v) is 10.5. The Hall–Kier alpha value is -1.77. The van der Waals surface area contributed by atoms with Crippen molar-refractivity contribution in [2.45, 2.75) is 77.7 Å². The summed E-state index contributed by atoms with van der Waals surface area (Å²) in [6.45, 7) is 8.85. The van der Waals surface area contributed by atoms with Crippen molar-refractivity contribution in [3.05, 3.63) is 40.5 Å². The van der Waals surface area contributed by atoms with Gasteiger partial charge in [0, 0.05) is 37.1 Å². The normalized spacial score (nSPS) is 23.0. The molecule has 27 heavy (non-hydrogen) atoms. The summed E-state index contributed by atoms with van der Waals surface area (Å²) in [6, 6.07) is 4.33. The number of nitrogens with zero attached hydrogens (tertiary/aromatic N) is 1. The van der Waals surface area contributed by atoms with E-state index >= 15 is 0 Å². The molecule has 1 aromatic carbocycles. The Labute approximate surface area is 164 Å². The smallest absolute Gasteiger partial charge is 0.253 e. The monoisotopic (exact) mass is 369 g/mol. The Balaban J connectivity index is 2.13. The topological polar surface area (TPSA) is 29.5 Å². The van der Waals surface area contributed by atoms with Crippen LogP contribution >= 0.6 is 0 Å². The molecule has 1 aromatic rings. The van der Waals surface area contributed by atoms with Crippen molar-refractivity contribution in [3.63, 3.8) is 0 Å². The van der Waals surface area contributed by atoms with Gasteiger partial charge in [0.25, 0.3) is 5.91 Å². The Morgan fingerprint density at radius 3 is 2.67 bits per heavy atom. The predicted octanol–water partition coefficient (Wildman–Crippen LogP) is 5.73. The molecule has 148 valence electrons. The van der Waals surface area contributed by atoms with Crippen molar-refractivity contribution in [1.29, 1.82) is 0 Å². The molecular formula is C24H35NO2. The summed E-state index contributed by atoms with van der Waals surface area (Å²) in [4.78, 5) is 14.8. The summed E-state index contributed by atoms with van der Waals surface area (Å²) >= 11 is 0. The number of fused-ring (bicyclic) bond motifs is 3. The van der Waals surface area contributed by atoms with Gasteiger partial charge in [-0.25, -0.2) is 0 Å². The van der Waals surface area contributed by atoms with Crippen molar-refractivity contribution < 1.29 is 9.53 Å². The Morgan fingerprint density at radius 1 is 1.26 bits per heavy atom. The minimum Gasteiger partial charge on any atom is -0.487 e. The number of unbranched alkanes of at least 4 members (excludes halogenated alkanes) is 2. The summed E-state index contributed by atoms with van der Waals surface area (Å²) in [7, 11) is 3.68. The van der Waals surface area contributed by atoms with Crippen LogP contribution in [0.3, 0.4) is 0 Å². The van der Waals surface area contributed by atoms with E-state index in [2.05, 4.69) is 45.9 Å². The second-order valence-corrected chi connectivity index (χ2v) is 9.10. The van der Waals surface area contributed by atoms with Gasteiger partial charge in [-0.1, -0.05) is 31.4 Å². The average molecular weight is 370 g/mol. The summed E-state index contributed by atoms with van der Waals surface area (Å²) < 4.78 is 6.54. The van der Waals surface area contributed by atoms with Gasteiger partial charge in [-0.3, -0.25) is 4.79 Å². The maximum absolute atomic E-state index is 13.1. The molecule has 0 saturated heterocycles. The molecule has 0 N–H and O–H groups in total. The number of benzene rings is 1. The average Bonchev–Trinajstić information content (AvgIpc) is 2.59. The Morgan fingerprint density at radius 2 is 2.00 bits per heavy atom. The van der Waals surface area contributed by atoms with Gasteiger partial charge >= 0.3 is 0 Å². The van der Waals surface area contributed by atoms with E-state index in [1.54, 1.807) is 4.90 Å². The van der Waals surface area contributed by atoms with Crippen LogP contribution in [-0.2, 0) is 6.42 Å². The predicted molar refractivity (Wildman–Crippen MR) is 112 cm³/mol. The molecule has 1 heterocycles. The van der Waals surface area contributed by atoms with Gasteiger partial charge in [-0.2, -0.15) is 0 Å². The van der Waals surface area contributed by atoms with Crippen molar-refractivity contribution in [3.8, 4) is 5.75 Å². The third-order valence-electron chi connectivity index (χ3n) is 6.25. The van der Waals surface area contributed by atoms with E-state index in [9.17, 15) is 4.79 Å². The molecule has 2 atom stereocenters. The van der Waals surface area contributed by atoms with E-state index in [4.69, 9.17) is 4.74 Å². The molecular weight excluding hydrogens is 334 g/mol.